The van der Waals surface area contributed by atoms with Crippen LogP contribution in [0.5, 0.6) is 0 Å². The summed E-state index contributed by atoms with van der Waals surface area (Å²) in [6.45, 7) is 11.1. The minimum Gasteiger partial charge on any atom is -0.445 e. The van der Waals surface area contributed by atoms with E-state index < -0.39 is 124 Å². The van der Waals surface area contributed by atoms with Gasteiger partial charge in [0.05, 0.1) is 102 Å². The van der Waals surface area contributed by atoms with E-state index in [-0.39, 0.29) is 94.0 Å². The number of aliphatic hydroxyl groups is 1. The molecule has 101 heavy (non-hydrogen) atoms. The number of nitrogens with one attached hydrogen (secondary N) is 6. The summed E-state index contributed by atoms with van der Waals surface area (Å²) in [6.07, 6.45) is 6.98. The molecule has 2 aromatic rings. The summed E-state index contributed by atoms with van der Waals surface area (Å²) in [6, 6.07) is 4.48. The number of nitrogens with two attached hydrogens (primary N) is 1. The Morgan fingerprint density at radius 3 is 2.26 bits per heavy atom. The molecule has 13 atom stereocenters. The molecular weight excluding hydrogens is 1340 g/mol. The maximum Gasteiger partial charge on any atom is 0.407 e. The van der Waals surface area contributed by atoms with Gasteiger partial charge in [0.15, 0.2) is 23.5 Å². The molecular formula is C69H103FN10O20S. The SMILES string of the molecule is CCCC1O[C@@H]2CC3[C@@H]4C[C@H](F)C5=CC(=O)C=C[C@]5(C)C4[C@@H](O)C[C@]3(C)[C@]2(C(=O)CNC(=O)OCc2ccc(NC(=O)CNC(=O)C(NC(=O)[C@H](N)CCCCNC(=O)COC3CCCCCc4c3nnn4CCOCCOCCOCCOCCC(=O)NCCS(=O)(=O)O)C(C)C)cc2)O1. The molecule has 32 heteroatoms. The number of unbranched alkanes of at least 4 members (excludes halogenated alkanes) is 1. The fraction of sp³-hybridized carbons (Fsp3) is 0.710. The Balaban J connectivity index is 0.668. The van der Waals surface area contributed by atoms with E-state index in [0.29, 0.717) is 114 Å². The number of aliphatic hydroxyl groups excluding tert-OH is 1. The normalized spacial score (nSPS) is 26.5. The van der Waals surface area contributed by atoms with Gasteiger partial charge in [0.2, 0.25) is 29.5 Å². The number of alkyl carbamates (subject to hydrolysis) is 1. The first-order valence-corrected chi connectivity index (χ1v) is 37.0. The first kappa shape index (κ1) is 80.0. The number of ketones is 2. The lowest BCUT2D eigenvalue weighted by atomic mass is 9.46. The number of nitrogens with zero attached hydrogens (tertiary/aromatic N) is 3. The fourth-order valence-corrected chi connectivity index (χ4v) is 15.5. The highest BCUT2D eigenvalue weighted by atomic mass is 32.2. The van der Waals surface area contributed by atoms with E-state index in [4.69, 9.17) is 48.2 Å². The van der Waals surface area contributed by atoms with Gasteiger partial charge in [-0.25, -0.2) is 13.9 Å². The van der Waals surface area contributed by atoms with E-state index in [2.05, 4.69) is 42.2 Å². The van der Waals surface area contributed by atoms with Crippen molar-refractivity contribution in [1.82, 2.24) is 41.6 Å². The molecule has 6 aliphatic rings. The lowest BCUT2D eigenvalue weighted by Crippen LogP contribution is -2.65. The first-order valence-electron chi connectivity index (χ1n) is 35.4. The molecule has 1 aromatic carbocycles. The van der Waals surface area contributed by atoms with Gasteiger partial charge in [-0.2, -0.15) is 8.42 Å². The van der Waals surface area contributed by atoms with Crippen molar-refractivity contribution in [2.45, 2.75) is 186 Å². The second-order valence-corrected chi connectivity index (χ2v) is 29.2. The molecule has 30 nitrogen and oxygen atoms in total. The Labute approximate surface area is 589 Å². The van der Waals surface area contributed by atoms with Crippen molar-refractivity contribution >= 4 is 63.0 Å². The Hall–Kier alpha value is -6.72. The van der Waals surface area contributed by atoms with Crippen LogP contribution in [0.3, 0.4) is 0 Å². The van der Waals surface area contributed by atoms with Gasteiger partial charge in [0.25, 0.3) is 10.1 Å². The zero-order chi connectivity index (χ0) is 72.9. The van der Waals surface area contributed by atoms with Crippen LogP contribution in [0.1, 0.15) is 141 Å². The van der Waals surface area contributed by atoms with Gasteiger partial charge in [-0.15, -0.1) is 5.10 Å². The van der Waals surface area contributed by atoms with Crippen LogP contribution < -0.4 is 37.6 Å². The number of rotatable bonds is 40. The second-order valence-electron chi connectivity index (χ2n) is 27.6. The number of carbonyl (C=O) groups excluding carboxylic acids is 8. The van der Waals surface area contributed by atoms with Gasteiger partial charge in [0, 0.05) is 41.9 Å². The highest BCUT2D eigenvalue weighted by molar-refractivity contribution is 7.85. The molecule has 3 saturated carbocycles. The van der Waals surface area contributed by atoms with Crippen LogP contribution in [0.25, 0.3) is 0 Å². The maximum absolute atomic E-state index is 16.1. The molecule has 0 spiro atoms. The van der Waals surface area contributed by atoms with Crippen LogP contribution >= 0.6 is 0 Å². The lowest BCUT2D eigenvalue weighted by Gasteiger charge is -2.60. The summed E-state index contributed by atoms with van der Waals surface area (Å²) in [5.41, 5.74) is 5.81. The third kappa shape index (κ3) is 21.5. The molecule has 562 valence electrons. The predicted octanol–water partition coefficient (Wildman–Crippen LogP) is 3.33. The second kappa shape index (κ2) is 37.6. The van der Waals surface area contributed by atoms with Crippen molar-refractivity contribution in [3.8, 4) is 0 Å². The summed E-state index contributed by atoms with van der Waals surface area (Å²) in [5, 5.41) is 36.7. The first-order chi connectivity index (χ1) is 48.3. The van der Waals surface area contributed by atoms with Crippen LogP contribution in [0, 0.1) is 34.5 Å². The molecule has 1 aliphatic heterocycles. The van der Waals surface area contributed by atoms with Crippen molar-refractivity contribution in [1.29, 1.82) is 0 Å². The van der Waals surface area contributed by atoms with E-state index in [0.717, 1.165) is 31.4 Å². The van der Waals surface area contributed by atoms with E-state index in [1.165, 1.54) is 12.2 Å². The Kier molecular flexibility index (Phi) is 29.8. The molecule has 5 unspecified atom stereocenters. The van der Waals surface area contributed by atoms with Crippen LogP contribution in [0.2, 0.25) is 0 Å². The molecule has 1 aromatic heterocycles. The Bertz CT molecular complexity index is 3340. The van der Waals surface area contributed by atoms with Crippen LogP contribution in [-0.2, 0) is 101 Å². The van der Waals surface area contributed by atoms with Crippen LogP contribution in [0.4, 0.5) is 14.9 Å². The fourth-order valence-electron chi connectivity index (χ4n) is 15.2. The molecule has 6 amide bonds. The van der Waals surface area contributed by atoms with Gasteiger partial charge in [-0.05, 0) is 117 Å². The smallest absolute Gasteiger partial charge is 0.407 e. The number of benzene rings is 1. The van der Waals surface area contributed by atoms with Crippen molar-refractivity contribution < 1.29 is 98.7 Å². The number of aromatic nitrogens is 3. The number of hydrogen-bond donors (Lipinski definition) is 9. The minimum atomic E-state index is -4.13. The highest BCUT2D eigenvalue weighted by Crippen LogP contribution is 2.70. The lowest BCUT2D eigenvalue weighted by molar-refractivity contribution is -0.200. The van der Waals surface area contributed by atoms with E-state index >= 15 is 4.39 Å². The topological polar surface area (TPSA) is 414 Å². The quantitative estimate of drug-likeness (QED) is 0.0341. The Morgan fingerprint density at radius 1 is 0.851 bits per heavy atom. The van der Waals surface area contributed by atoms with Gasteiger partial charge in [0.1, 0.15) is 37.2 Å². The molecule has 2 heterocycles. The van der Waals surface area contributed by atoms with Crippen molar-refractivity contribution in [2.75, 3.05) is 96.7 Å². The molecule has 4 fully saturated rings. The van der Waals surface area contributed by atoms with Crippen molar-refractivity contribution in [3.63, 3.8) is 0 Å². The van der Waals surface area contributed by atoms with Gasteiger partial charge in [-0.1, -0.05) is 77.3 Å². The van der Waals surface area contributed by atoms with Gasteiger partial charge in [-0.3, -0.25) is 38.1 Å². The number of alkyl halides is 1. The number of anilines is 1. The third-order valence-corrected chi connectivity index (χ3v) is 20.9. The summed E-state index contributed by atoms with van der Waals surface area (Å²) >= 11 is 0. The third-order valence-electron chi connectivity index (χ3n) is 20.2. The standard InChI is InChI=1S/C69H103FN10O20S/c1-6-12-60-99-56-37-48-47-36-50(70)49-35-46(81)20-22-67(49,4)61(47)53(82)38-68(48,5)69(56,100-60)55(83)39-75-66(89)98-41-44-16-18-45(19-17-44)76-58(85)40-74-65(88)62(43(2)3)77-64(87)51(71)13-10-11-23-72-59(86)42-97-54-15-9-7-8-14-52-63(54)78-79-80(52)25-27-94-29-31-96-33-32-95-30-28-93-26-21-57(84)73-24-34-101(90,91)92/h16-20,22,35,43,47-48,50-51,53-54,56,60-62,82H,6-15,21,23-34,36-42,71H2,1-5H3,(H,72,86)(H,73,84)(H,74,88)(H,75,89)(H,76,85)(H,77,87)(H,90,91,92)/t47-,48?,50-,51+,53-,54?,56+,60?,61?,62?,67-,68-,69+/m0/s1. The number of Topliss-reactive ketones (excluding diaryl/α,β-unsaturated/α-hetero) is 1. The molecule has 0 radical (unpaired) electrons. The number of halogens is 1. The number of amides is 6. The van der Waals surface area contributed by atoms with Crippen molar-refractivity contribution in [2.24, 2.45) is 40.2 Å². The van der Waals surface area contributed by atoms with Crippen LogP contribution in [-0.4, -0.2) is 214 Å². The average molecular weight is 1440 g/mol. The predicted molar refractivity (Wildman–Crippen MR) is 362 cm³/mol. The maximum atomic E-state index is 16.1. The van der Waals surface area contributed by atoms with Crippen molar-refractivity contribution in [3.05, 3.63) is 65.0 Å². The summed E-state index contributed by atoms with van der Waals surface area (Å²) < 4.78 is 94.9. The van der Waals surface area contributed by atoms with E-state index in [1.807, 2.05) is 25.5 Å². The molecule has 0 bridgehead atoms. The van der Waals surface area contributed by atoms with E-state index in [1.54, 1.807) is 44.2 Å². The number of allylic oxidation sites excluding steroid dienone is 4. The highest BCUT2D eigenvalue weighted by Gasteiger charge is 2.76. The number of fused-ring (bicyclic) bond motifs is 8. The zero-order valence-corrected chi connectivity index (χ0v) is 59.4. The number of ether oxygens (including phenoxy) is 8. The van der Waals surface area contributed by atoms with Crippen LogP contribution in [0.15, 0.2) is 48.1 Å². The van der Waals surface area contributed by atoms with E-state index in [9.17, 15) is 51.9 Å². The largest absolute Gasteiger partial charge is 0.445 e. The van der Waals surface area contributed by atoms with Gasteiger partial charge >= 0.3 is 6.09 Å². The molecule has 10 N–H and O–H groups in total. The summed E-state index contributed by atoms with van der Waals surface area (Å²) in [4.78, 5) is 104. The average Bonchev–Trinajstić information content (AvgIpc) is 1.53. The monoisotopic (exact) mass is 1440 g/mol. The number of carbonyl (C=O) groups is 8. The minimum absolute atomic E-state index is 0.0454. The summed E-state index contributed by atoms with van der Waals surface area (Å²) in [5.74, 6) is -5.05. The molecule has 8 rings (SSSR count). The number of hydrogen-bond acceptors (Lipinski definition) is 22. The Morgan fingerprint density at radius 2 is 1.55 bits per heavy atom. The molecule has 1 saturated heterocycles. The summed E-state index contributed by atoms with van der Waals surface area (Å²) in [7, 11) is -4.13. The zero-order valence-electron chi connectivity index (χ0n) is 58.6. The molecule has 5 aliphatic carbocycles. The van der Waals surface area contributed by atoms with Gasteiger partial charge < -0.3 is 80.6 Å².